The van der Waals surface area contributed by atoms with Crippen molar-refractivity contribution in [1.29, 1.82) is 5.26 Å². The number of ketones is 1. The monoisotopic (exact) mass is 725 g/mol. The Bertz CT molecular complexity index is 2410. The Balaban J connectivity index is 1.17. The third kappa shape index (κ3) is 7.05. The zero-order valence-electron chi connectivity index (χ0n) is 30.7. The van der Waals surface area contributed by atoms with Gasteiger partial charge in [0.2, 0.25) is 0 Å². The van der Waals surface area contributed by atoms with Crippen LogP contribution in [0.2, 0.25) is 0 Å². The average molecular weight is 726 g/mol. The van der Waals surface area contributed by atoms with Crippen LogP contribution in [0.25, 0.3) is 36.7 Å². The van der Waals surface area contributed by atoms with Crippen LogP contribution in [0.5, 0.6) is 0 Å². The van der Waals surface area contributed by atoms with E-state index in [1.165, 1.54) is 11.1 Å². The van der Waals surface area contributed by atoms with Gasteiger partial charge < -0.3 is 4.90 Å². The molecule has 2 aromatic heterocycles. The molecule has 260 valence electrons. The van der Waals surface area contributed by atoms with Gasteiger partial charge in [-0.1, -0.05) is 102 Å². The summed E-state index contributed by atoms with van der Waals surface area (Å²) in [5, 5.41) is 9.69. The van der Waals surface area contributed by atoms with E-state index >= 15 is 0 Å². The summed E-state index contributed by atoms with van der Waals surface area (Å²) >= 11 is 3.32. The molecule has 2 heterocycles. The lowest BCUT2D eigenvalue weighted by Gasteiger charge is -2.28. The van der Waals surface area contributed by atoms with Crippen molar-refractivity contribution < 1.29 is 4.79 Å². The Morgan fingerprint density at radius 1 is 0.660 bits per heavy atom. The van der Waals surface area contributed by atoms with Crippen molar-refractivity contribution in [3.05, 3.63) is 171 Å². The molecule has 1 aliphatic carbocycles. The second-order valence-electron chi connectivity index (χ2n) is 15.2. The molecule has 0 saturated carbocycles. The van der Waals surface area contributed by atoms with Crippen molar-refractivity contribution in [2.24, 2.45) is 0 Å². The number of hydrogen-bond donors (Lipinski definition) is 0. The molecular weight excluding hydrogens is 687 g/mol. The number of nitriles is 1. The molecule has 0 aliphatic heterocycles. The maximum atomic E-state index is 13.4. The van der Waals surface area contributed by atoms with Crippen LogP contribution in [-0.2, 0) is 10.8 Å². The Morgan fingerprint density at radius 2 is 1.15 bits per heavy atom. The third-order valence-corrected chi connectivity index (χ3v) is 11.9. The van der Waals surface area contributed by atoms with Crippen LogP contribution in [0.1, 0.15) is 73.5 Å². The Morgan fingerprint density at radius 3 is 1.68 bits per heavy atom. The number of fused-ring (bicyclic) bond motifs is 1. The Labute approximate surface area is 320 Å². The molecule has 0 unspecified atom stereocenters. The molecule has 0 fully saturated rings. The van der Waals surface area contributed by atoms with Gasteiger partial charge in [0.05, 0.1) is 12.6 Å². The van der Waals surface area contributed by atoms with Crippen LogP contribution >= 0.6 is 22.7 Å². The van der Waals surface area contributed by atoms with Gasteiger partial charge in [-0.2, -0.15) is 0 Å². The second kappa shape index (κ2) is 14.0. The molecule has 4 nitrogen and oxygen atoms in total. The fraction of sp³-hybridized carbons (Fsp3) is 0.170. The lowest BCUT2D eigenvalue weighted by molar-refractivity contribution is 0.104. The molecule has 0 N–H and O–H groups in total. The van der Waals surface area contributed by atoms with E-state index in [0.29, 0.717) is 22.3 Å². The summed E-state index contributed by atoms with van der Waals surface area (Å²) in [7, 11) is 0. The number of thiophene rings is 2. The zero-order chi connectivity index (χ0) is 37.5. The predicted octanol–water partition coefficient (Wildman–Crippen LogP) is 13.6. The van der Waals surface area contributed by atoms with E-state index in [1.54, 1.807) is 40.9 Å². The van der Waals surface area contributed by atoms with Crippen LogP contribution < -0.4 is 4.90 Å². The largest absolute Gasteiger partial charge is 0.311 e. The lowest BCUT2D eigenvalue weighted by atomic mass is 9.86. The first-order valence-corrected chi connectivity index (χ1v) is 19.2. The minimum Gasteiger partial charge on any atom is -0.311 e. The van der Waals surface area contributed by atoms with Crippen molar-refractivity contribution in [1.82, 2.24) is 0 Å². The molecule has 4 aromatic carbocycles. The van der Waals surface area contributed by atoms with Crippen molar-refractivity contribution in [2.75, 3.05) is 4.90 Å². The Kier molecular flexibility index (Phi) is 9.39. The summed E-state index contributed by atoms with van der Waals surface area (Å²) in [4.78, 5) is 23.4. The number of carbonyl (C=O) groups excluding carboxylic acids is 1. The van der Waals surface area contributed by atoms with E-state index in [1.807, 2.05) is 24.3 Å². The fourth-order valence-corrected chi connectivity index (χ4v) is 8.66. The van der Waals surface area contributed by atoms with Crippen LogP contribution in [-0.4, -0.2) is 5.78 Å². The molecule has 1 aliphatic rings. The molecule has 0 saturated heterocycles. The van der Waals surface area contributed by atoms with E-state index in [4.69, 9.17) is 6.57 Å². The van der Waals surface area contributed by atoms with Gasteiger partial charge in [-0.05, 0) is 99.8 Å². The van der Waals surface area contributed by atoms with Crippen molar-refractivity contribution in [3.63, 3.8) is 0 Å². The lowest BCUT2D eigenvalue weighted by Crippen LogP contribution is -2.14. The quantitative estimate of drug-likeness (QED) is 0.0976. The minimum absolute atomic E-state index is 0.0692. The topological polar surface area (TPSA) is 48.5 Å². The van der Waals surface area contributed by atoms with E-state index in [0.717, 1.165) is 42.1 Å². The Hall–Kier alpha value is -5.79. The highest BCUT2D eigenvalue weighted by Crippen LogP contribution is 2.44. The highest BCUT2D eigenvalue weighted by molar-refractivity contribution is 7.24. The summed E-state index contributed by atoms with van der Waals surface area (Å²) < 4.78 is 0. The molecule has 0 radical (unpaired) electrons. The van der Waals surface area contributed by atoms with Crippen LogP contribution in [0.3, 0.4) is 0 Å². The first-order valence-electron chi connectivity index (χ1n) is 17.6. The SMILES string of the molecule is [C-]#[N+]/C(C#N)=C1\C(=C/c2ccc(-c3ccc(-c4ccc(N(c5ccc(C(C)(C)C)cc5)c5ccc(C(C)(C)C)cc5)cc4)s3)s2)C(=O)c2ccccc21. The van der Waals surface area contributed by atoms with E-state index in [2.05, 4.69) is 142 Å². The van der Waals surface area contributed by atoms with Crippen molar-refractivity contribution in [3.8, 4) is 26.3 Å². The highest BCUT2D eigenvalue weighted by Gasteiger charge is 2.32. The summed E-state index contributed by atoms with van der Waals surface area (Å²) in [5.74, 6) is -0.161. The minimum atomic E-state index is -0.161. The van der Waals surface area contributed by atoms with Gasteiger partial charge in [0.15, 0.2) is 5.78 Å². The van der Waals surface area contributed by atoms with Gasteiger partial charge in [0.25, 0.3) is 5.70 Å². The third-order valence-electron chi connectivity index (χ3n) is 9.56. The first-order chi connectivity index (χ1) is 25.4. The summed E-state index contributed by atoms with van der Waals surface area (Å²) in [6, 6.07) is 44.1. The molecule has 0 spiro atoms. The number of anilines is 3. The van der Waals surface area contributed by atoms with E-state index < -0.39 is 0 Å². The first kappa shape index (κ1) is 35.6. The van der Waals surface area contributed by atoms with Crippen LogP contribution in [0.4, 0.5) is 17.1 Å². The van der Waals surface area contributed by atoms with Crippen LogP contribution in [0.15, 0.2) is 133 Å². The number of hydrogen-bond acceptors (Lipinski definition) is 5. The molecule has 6 aromatic rings. The van der Waals surface area contributed by atoms with E-state index in [9.17, 15) is 10.1 Å². The normalized spacial score (nSPS) is 14.5. The molecular formula is C47H39N3OS2. The number of benzene rings is 4. The molecule has 53 heavy (non-hydrogen) atoms. The maximum absolute atomic E-state index is 13.4. The fourth-order valence-electron chi connectivity index (χ4n) is 6.61. The van der Waals surface area contributed by atoms with Crippen molar-refractivity contribution >= 4 is 57.2 Å². The molecule has 7 rings (SSSR count). The highest BCUT2D eigenvalue weighted by atomic mass is 32.1. The molecule has 0 atom stereocenters. The van der Waals surface area contributed by atoms with Gasteiger partial charge in [0, 0.05) is 53.3 Å². The van der Waals surface area contributed by atoms with Gasteiger partial charge in [-0.15, -0.1) is 22.7 Å². The molecule has 0 bridgehead atoms. The summed E-state index contributed by atoms with van der Waals surface area (Å²) in [6.07, 6.45) is 1.82. The number of rotatable bonds is 6. The zero-order valence-corrected chi connectivity index (χ0v) is 32.3. The van der Waals surface area contributed by atoms with E-state index in [-0.39, 0.29) is 22.3 Å². The predicted molar refractivity (Wildman–Crippen MR) is 223 cm³/mol. The smallest absolute Gasteiger partial charge is 0.270 e. The molecule has 0 amide bonds. The standard InChI is InChI=1S/C47H39N3OS2/c1-46(2,3)31-14-20-34(21-15-31)50(35-22-16-32(17-23-35)47(4,5)6)33-18-12-30(13-19-33)41-26-27-43(53-41)42-25-24-36(52-42)28-39-44(40(29-48)49-7)37-10-8-9-11-38(37)45(39)51/h8-28H,1-6H3/b39-28+,44-40-. The average Bonchev–Trinajstić information content (AvgIpc) is 3.89. The van der Waals surface area contributed by atoms with Gasteiger partial charge in [-0.3, -0.25) is 4.79 Å². The van der Waals surface area contributed by atoms with Gasteiger partial charge >= 0.3 is 0 Å². The number of carbonyl (C=O) groups is 1. The summed E-state index contributed by atoms with van der Waals surface area (Å²) in [6.45, 7) is 21.0. The van der Waals surface area contributed by atoms with Gasteiger partial charge in [-0.25, -0.2) is 10.1 Å². The maximum Gasteiger partial charge on any atom is 0.270 e. The van der Waals surface area contributed by atoms with Crippen LogP contribution in [0, 0.1) is 17.9 Å². The molecule has 6 heteroatoms. The number of Topliss-reactive ketones (excluding diaryl/α,β-unsaturated/α-hetero) is 1. The van der Waals surface area contributed by atoms with Crippen molar-refractivity contribution in [2.45, 2.75) is 52.4 Å². The number of allylic oxidation sites excluding steroid dienone is 3. The van der Waals surface area contributed by atoms with Gasteiger partial charge in [0.1, 0.15) is 0 Å². The summed E-state index contributed by atoms with van der Waals surface area (Å²) in [5.41, 5.74) is 9.11. The number of nitrogens with zero attached hydrogens (tertiary/aromatic N) is 3. The second-order valence-corrected chi connectivity index (χ2v) is 17.4.